The Balaban J connectivity index is 1.77. The lowest BCUT2D eigenvalue weighted by Crippen LogP contribution is -2.51. The molecule has 1 aliphatic rings. The van der Waals surface area contributed by atoms with E-state index in [9.17, 15) is 15.3 Å². The molecule has 0 aliphatic carbocycles. The second kappa shape index (κ2) is 9.41. The first-order valence-corrected chi connectivity index (χ1v) is 9.04. The number of ether oxygens (including phenoxy) is 3. The molecular weight excluding hydrogens is 348 g/mol. The van der Waals surface area contributed by atoms with Crippen LogP contribution in [0, 0.1) is 0 Å². The van der Waals surface area contributed by atoms with E-state index in [4.69, 9.17) is 14.2 Å². The highest BCUT2D eigenvalue weighted by Gasteiger charge is 2.56. The number of hydrogen-bond donors (Lipinski definition) is 3. The summed E-state index contributed by atoms with van der Waals surface area (Å²) >= 11 is 0. The third-order valence-electron chi connectivity index (χ3n) is 4.84. The van der Waals surface area contributed by atoms with Crippen molar-refractivity contribution in [2.75, 3.05) is 19.8 Å². The Hall–Kier alpha value is -1.80. The van der Waals surface area contributed by atoms with Gasteiger partial charge in [0.25, 0.3) is 0 Å². The van der Waals surface area contributed by atoms with Crippen LogP contribution in [-0.4, -0.2) is 59.1 Å². The van der Waals surface area contributed by atoms with E-state index in [1.165, 1.54) is 0 Å². The van der Waals surface area contributed by atoms with Crippen LogP contribution in [0.25, 0.3) is 0 Å². The molecule has 0 unspecified atom stereocenters. The van der Waals surface area contributed by atoms with Crippen molar-refractivity contribution in [2.24, 2.45) is 0 Å². The van der Waals surface area contributed by atoms with Crippen LogP contribution in [0.2, 0.25) is 0 Å². The minimum absolute atomic E-state index is 0.278. The molecule has 27 heavy (non-hydrogen) atoms. The maximum atomic E-state index is 9.90. The van der Waals surface area contributed by atoms with Crippen molar-refractivity contribution < 1.29 is 29.5 Å². The zero-order valence-corrected chi connectivity index (χ0v) is 15.1. The number of aliphatic hydroxyl groups excluding tert-OH is 3. The smallest absolute Gasteiger partial charge is 0.143 e. The molecule has 146 valence electrons. The molecule has 6 nitrogen and oxygen atoms in total. The Labute approximate surface area is 158 Å². The number of rotatable bonds is 9. The molecule has 1 saturated heterocycles. The van der Waals surface area contributed by atoms with Gasteiger partial charge in [-0.3, -0.25) is 0 Å². The first kappa shape index (κ1) is 19.9. The lowest BCUT2D eigenvalue weighted by Gasteiger charge is -2.32. The average Bonchev–Trinajstić information content (AvgIpc) is 3.05. The van der Waals surface area contributed by atoms with Crippen LogP contribution < -0.4 is 0 Å². The quantitative estimate of drug-likeness (QED) is 0.613. The maximum Gasteiger partial charge on any atom is 0.143 e. The summed E-state index contributed by atoms with van der Waals surface area (Å²) < 4.78 is 17.9. The summed E-state index contributed by atoms with van der Waals surface area (Å²) in [6.07, 6.45) is -2.06. The molecule has 3 rings (SSSR count). The molecule has 0 aromatic heterocycles. The van der Waals surface area contributed by atoms with Crippen LogP contribution in [-0.2, 0) is 27.4 Å². The summed E-state index contributed by atoms with van der Waals surface area (Å²) in [6.45, 7) is -0.592. The van der Waals surface area contributed by atoms with E-state index in [1.54, 1.807) is 0 Å². The highest BCUT2D eigenvalue weighted by molar-refractivity contribution is 5.15. The highest BCUT2D eigenvalue weighted by Crippen LogP contribution is 2.36. The fourth-order valence-electron chi connectivity index (χ4n) is 3.34. The summed E-state index contributed by atoms with van der Waals surface area (Å²) in [4.78, 5) is 0. The molecule has 3 N–H and O–H groups in total. The van der Waals surface area contributed by atoms with E-state index in [1.807, 2.05) is 60.7 Å². The van der Waals surface area contributed by atoms with Gasteiger partial charge in [0.15, 0.2) is 0 Å². The monoisotopic (exact) mass is 374 g/mol. The SMILES string of the molecule is OC[C@H]1OC(CO)(CO)[C@@H](OCc2ccccc2)[C@@H]1OCc1ccccc1. The normalized spacial score (nSPS) is 24.2. The second-order valence-corrected chi connectivity index (χ2v) is 6.70. The fraction of sp³-hybridized carbons (Fsp3) is 0.429. The Morgan fingerprint density at radius 1 is 0.778 bits per heavy atom. The lowest BCUT2D eigenvalue weighted by molar-refractivity contribution is -0.158. The molecule has 0 saturated carbocycles. The Morgan fingerprint density at radius 3 is 1.78 bits per heavy atom. The highest BCUT2D eigenvalue weighted by atomic mass is 16.6. The van der Waals surface area contributed by atoms with Gasteiger partial charge in [0.1, 0.15) is 23.9 Å². The molecule has 0 amide bonds. The van der Waals surface area contributed by atoms with Crippen molar-refractivity contribution in [3.8, 4) is 0 Å². The molecule has 1 aliphatic heterocycles. The van der Waals surface area contributed by atoms with E-state index < -0.39 is 37.1 Å². The molecular formula is C21H26O6. The Kier molecular flexibility index (Phi) is 6.95. The molecule has 3 atom stereocenters. The third-order valence-corrected chi connectivity index (χ3v) is 4.84. The van der Waals surface area contributed by atoms with Gasteiger partial charge in [0.2, 0.25) is 0 Å². The zero-order chi connectivity index (χ0) is 19.1. The molecule has 1 heterocycles. The van der Waals surface area contributed by atoms with Crippen LogP contribution in [0.3, 0.4) is 0 Å². The summed E-state index contributed by atoms with van der Waals surface area (Å²) in [5.41, 5.74) is 0.599. The fourth-order valence-corrected chi connectivity index (χ4v) is 3.34. The largest absolute Gasteiger partial charge is 0.394 e. The van der Waals surface area contributed by atoms with Crippen molar-refractivity contribution in [3.63, 3.8) is 0 Å². The van der Waals surface area contributed by atoms with Crippen LogP contribution in [0.1, 0.15) is 11.1 Å². The van der Waals surface area contributed by atoms with E-state index in [-0.39, 0.29) is 13.2 Å². The number of aliphatic hydroxyl groups is 3. The topological polar surface area (TPSA) is 88.4 Å². The van der Waals surface area contributed by atoms with Gasteiger partial charge in [-0.1, -0.05) is 60.7 Å². The molecule has 0 spiro atoms. The van der Waals surface area contributed by atoms with Crippen molar-refractivity contribution >= 4 is 0 Å². The maximum absolute atomic E-state index is 9.90. The average molecular weight is 374 g/mol. The Bertz CT molecular complexity index is 674. The van der Waals surface area contributed by atoms with Crippen LogP contribution in [0.15, 0.2) is 60.7 Å². The van der Waals surface area contributed by atoms with E-state index in [0.29, 0.717) is 6.61 Å². The first-order chi connectivity index (χ1) is 13.2. The van der Waals surface area contributed by atoms with Gasteiger partial charge in [-0.25, -0.2) is 0 Å². The molecule has 6 heteroatoms. The summed E-state index contributed by atoms with van der Waals surface area (Å²) in [7, 11) is 0. The zero-order valence-electron chi connectivity index (χ0n) is 15.1. The van der Waals surface area contributed by atoms with Crippen molar-refractivity contribution in [3.05, 3.63) is 71.8 Å². The van der Waals surface area contributed by atoms with Gasteiger partial charge in [-0.2, -0.15) is 0 Å². The van der Waals surface area contributed by atoms with Gasteiger partial charge >= 0.3 is 0 Å². The van der Waals surface area contributed by atoms with Gasteiger partial charge in [0.05, 0.1) is 33.0 Å². The van der Waals surface area contributed by atoms with Crippen molar-refractivity contribution in [1.82, 2.24) is 0 Å². The van der Waals surface area contributed by atoms with Gasteiger partial charge < -0.3 is 29.5 Å². The van der Waals surface area contributed by atoms with Gasteiger partial charge in [-0.05, 0) is 11.1 Å². The molecule has 0 bridgehead atoms. The summed E-state index contributed by atoms with van der Waals surface area (Å²) in [6, 6.07) is 19.2. The van der Waals surface area contributed by atoms with Crippen LogP contribution in [0.5, 0.6) is 0 Å². The van der Waals surface area contributed by atoms with Crippen molar-refractivity contribution in [1.29, 1.82) is 0 Å². The summed E-state index contributed by atoms with van der Waals surface area (Å²) in [5, 5.41) is 29.5. The minimum atomic E-state index is -1.33. The second-order valence-electron chi connectivity index (χ2n) is 6.70. The standard InChI is InChI=1S/C21H26O6/c22-11-18-19(25-12-16-7-3-1-4-8-16)20(21(14-23,15-24)27-18)26-13-17-9-5-2-6-10-17/h1-10,18-20,22-24H,11-15H2/t18-,19-,20+/m1/s1. The van der Waals surface area contributed by atoms with Crippen molar-refractivity contribution in [2.45, 2.75) is 37.1 Å². The van der Waals surface area contributed by atoms with E-state index >= 15 is 0 Å². The lowest BCUT2D eigenvalue weighted by atomic mass is 9.95. The van der Waals surface area contributed by atoms with Crippen LogP contribution >= 0.6 is 0 Å². The Morgan fingerprint density at radius 2 is 1.30 bits per heavy atom. The minimum Gasteiger partial charge on any atom is -0.394 e. The molecule has 2 aromatic carbocycles. The molecule has 1 fully saturated rings. The third kappa shape index (κ3) is 4.55. The predicted octanol–water partition coefficient (Wildman–Crippen LogP) is 1.27. The first-order valence-electron chi connectivity index (χ1n) is 9.04. The number of hydrogen-bond acceptors (Lipinski definition) is 6. The van der Waals surface area contributed by atoms with Gasteiger partial charge in [0, 0.05) is 0 Å². The van der Waals surface area contributed by atoms with E-state index in [0.717, 1.165) is 11.1 Å². The summed E-state index contributed by atoms with van der Waals surface area (Å²) in [5.74, 6) is 0. The molecule has 0 radical (unpaired) electrons. The predicted molar refractivity (Wildman–Crippen MR) is 98.9 cm³/mol. The van der Waals surface area contributed by atoms with E-state index in [2.05, 4.69) is 0 Å². The number of benzene rings is 2. The van der Waals surface area contributed by atoms with Gasteiger partial charge in [-0.15, -0.1) is 0 Å². The van der Waals surface area contributed by atoms with Crippen LogP contribution in [0.4, 0.5) is 0 Å². The molecule has 2 aromatic rings.